The molecule has 140 valence electrons. The van der Waals surface area contributed by atoms with Crippen LogP contribution in [0.1, 0.15) is 33.6 Å². The van der Waals surface area contributed by atoms with Crippen LogP contribution in [-0.2, 0) is 19.1 Å². The molecule has 0 heterocycles. The fourth-order valence-electron chi connectivity index (χ4n) is 1.50. The summed E-state index contributed by atoms with van der Waals surface area (Å²) in [7, 11) is 0. The molecule has 0 amide bonds. The number of hydrogen-bond acceptors (Lipinski definition) is 5. The molecule has 0 aromatic carbocycles. The van der Waals surface area contributed by atoms with Gasteiger partial charge in [0.1, 0.15) is 6.10 Å². The number of carbonyl (C=O) groups is 2. The van der Waals surface area contributed by atoms with Gasteiger partial charge in [-0.25, -0.2) is 0 Å². The molecule has 5 nitrogen and oxygen atoms in total. The molecule has 2 atom stereocenters. The van der Waals surface area contributed by atoms with Gasteiger partial charge in [-0.05, 0) is 36.5 Å². The van der Waals surface area contributed by atoms with Gasteiger partial charge in [-0.15, -0.1) is 0 Å². The maximum absolute atomic E-state index is 11.9. The molecule has 0 aliphatic rings. The number of ether oxygens (including phenoxy) is 2. The maximum Gasteiger partial charge on any atom is 0.309 e. The van der Waals surface area contributed by atoms with E-state index in [1.165, 1.54) is 19.1 Å². The Bertz CT molecular complexity index is 635. The van der Waals surface area contributed by atoms with Crippen LogP contribution in [-0.4, -0.2) is 36.4 Å². The fourth-order valence-corrected chi connectivity index (χ4v) is 1.50. The highest BCUT2D eigenvalue weighted by Gasteiger charge is 2.17. The highest BCUT2D eigenvalue weighted by atomic mass is 16.6. The van der Waals surface area contributed by atoms with E-state index in [4.69, 9.17) is 14.6 Å². The Balaban J connectivity index is 4.64. The van der Waals surface area contributed by atoms with Crippen LogP contribution in [0.4, 0.5) is 0 Å². The van der Waals surface area contributed by atoms with Gasteiger partial charge in [-0.3, -0.25) is 9.59 Å². The summed E-state index contributed by atoms with van der Waals surface area (Å²) in [5.74, 6) is 9.78. The largest absolute Gasteiger partial charge is 0.466 e. The summed E-state index contributed by atoms with van der Waals surface area (Å²) < 4.78 is 10.3. The lowest BCUT2D eigenvalue weighted by Gasteiger charge is -2.16. The van der Waals surface area contributed by atoms with E-state index in [0.717, 1.165) is 0 Å². The van der Waals surface area contributed by atoms with E-state index in [9.17, 15) is 9.59 Å². The normalized spacial score (nSPS) is 12.9. The summed E-state index contributed by atoms with van der Waals surface area (Å²) in [6.45, 7) is 5.19. The van der Waals surface area contributed by atoms with Crippen LogP contribution in [0.15, 0.2) is 36.5 Å². The topological polar surface area (TPSA) is 72.8 Å². The van der Waals surface area contributed by atoms with Crippen LogP contribution in [0.2, 0.25) is 0 Å². The quantitative estimate of drug-likeness (QED) is 0.390. The Labute approximate surface area is 155 Å². The van der Waals surface area contributed by atoms with Crippen LogP contribution in [0, 0.1) is 29.6 Å². The van der Waals surface area contributed by atoms with E-state index < -0.39 is 6.10 Å². The summed E-state index contributed by atoms with van der Waals surface area (Å²) in [5.41, 5.74) is 0. The fraction of sp³-hybridized carbons (Fsp3) is 0.429. The van der Waals surface area contributed by atoms with Crippen molar-refractivity contribution in [1.82, 2.24) is 0 Å². The third-order valence-corrected chi connectivity index (χ3v) is 3.12. The van der Waals surface area contributed by atoms with Crippen molar-refractivity contribution in [3.63, 3.8) is 0 Å². The standard InChI is InChI=1S/C21H26O5/c1-4-18(2)21(24)26-20(15-17-25-19(3)23)14-12-10-8-6-5-7-9-11-13-16-22/h8,10-14,18,20,22H,4,15-17H2,1-3H3/b10-8+,13-11+,14-12+/t18-,20-/m1/s1. The number of carbonyl (C=O) groups excluding carboxylic acids is 2. The average molecular weight is 358 g/mol. The van der Waals surface area contributed by atoms with Gasteiger partial charge in [0, 0.05) is 13.3 Å². The summed E-state index contributed by atoms with van der Waals surface area (Å²) >= 11 is 0. The summed E-state index contributed by atoms with van der Waals surface area (Å²) in [6, 6.07) is 0. The zero-order valence-electron chi connectivity index (χ0n) is 15.5. The van der Waals surface area contributed by atoms with Crippen molar-refractivity contribution in [2.75, 3.05) is 13.2 Å². The molecule has 5 heteroatoms. The van der Waals surface area contributed by atoms with Crippen LogP contribution in [0.3, 0.4) is 0 Å². The van der Waals surface area contributed by atoms with Crippen molar-refractivity contribution in [2.45, 2.75) is 39.7 Å². The molecule has 0 unspecified atom stereocenters. The van der Waals surface area contributed by atoms with Crippen molar-refractivity contribution in [3.8, 4) is 23.7 Å². The molecular formula is C21H26O5. The van der Waals surface area contributed by atoms with Crippen LogP contribution < -0.4 is 0 Å². The first kappa shape index (κ1) is 23.2. The van der Waals surface area contributed by atoms with Crippen molar-refractivity contribution in [3.05, 3.63) is 36.5 Å². The number of aliphatic hydroxyl groups is 1. The van der Waals surface area contributed by atoms with Crippen molar-refractivity contribution >= 4 is 11.9 Å². The van der Waals surface area contributed by atoms with Gasteiger partial charge in [0.25, 0.3) is 0 Å². The molecule has 26 heavy (non-hydrogen) atoms. The molecule has 0 spiro atoms. The first-order chi connectivity index (χ1) is 12.5. The van der Waals surface area contributed by atoms with Gasteiger partial charge in [0.2, 0.25) is 0 Å². The second-order valence-electron chi connectivity index (χ2n) is 5.28. The first-order valence-corrected chi connectivity index (χ1v) is 8.45. The molecule has 0 rings (SSSR count). The lowest BCUT2D eigenvalue weighted by Crippen LogP contribution is -2.22. The van der Waals surface area contributed by atoms with E-state index in [2.05, 4.69) is 23.7 Å². The van der Waals surface area contributed by atoms with Crippen LogP contribution in [0.25, 0.3) is 0 Å². The van der Waals surface area contributed by atoms with Gasteiger partial charge in [0.15, 0.2) is 0 Å². The van der Waals surface area contributed by atoms with Gasteiger partial charge < -0.3 is 14.6 Å². The van der Waals surface area contributed by atoms with Crippen LogP contribution in [0.5, 0.6) is 0 Å². The van der Waals surface area contributed by atoms with Crippen molar-refractivity contribution in [2.24, 2.45) is 5.92 Å². The highest BCUT2D eigenvalue weighted by molar-refractivity contribution is 5.72. The molecule has 0 aliphatic carbocycles. The summed E-state index contributed by atoms with van der Waals surface area (Å²) in [4.78, 5) is 22.8. The Hall–Kier alpha value is -2.76. The summed E-state index contributed by atoms with van der Waals surface area (Å²) in [6.07, 6.45) is 10.4. The highest BCUT2D eigenvalue weighted by Crippen LogP contribution is 2.09. The SMILES string of the molecule is CC[C@@H](C)C(=O)O[C@H](/C=C/C=C/C#CC#C/C=C/CO)CCOC(C)=O. The third kappa shape index (κ3) is 13.7. The van der Waals surface area contributed by atoms with Crippen LogP contribution >= 0.6 is 0 Å². The minimum Gasteiger partial charge on any atom is -0.466 e. The molecule has 0 radical (unpaired) electrons. The van der Waals surface area contributed by atoms with Gasteiger partial charge >= 0.3 is 11.9 Å². The van der Waals surface area contributed by atoms with E-state index >= 15 is 0 Å². The molecule has 0 saturated heterocycles. The monoisotopic (exact) mass is 358 g/mol. The third-order valence-electron chi connectivity index (χ3n) is 3.12. The van der Waals surface area contributed by atoms with E-state index in [-0.39, 0.29) is 31.1 Å². The number of allylic oxidation sites excluding steroid dienone is 4. The number of esters is 2. The zero-order chi connectivity index (χ0) is 19.6. The van der Waals surface area contributed by atoms with Crippen molar-refractivity contribution < 1.29 is 24.2 Å². The minimum atomic E-state index is -0.475. The van der Waals surface area contributed by atoms with Gasteiger partial charge in [-0.1, -0.05) is 43.9 Å². The molecule has 0 aromatic heterocycles. The zero-order valence-corrected chi connectivity index (χ0v) is 15.5. The first-order valence-electron chi connectivity index (χ1n) is 8.45. The molecule has 0 aromatic rings. The molecular weight excluding hydrogens is 332 g/mol. The predicted octanol–water partition coefficient (Wildman–Crippen LogP) is 2.57. The lowest BCUT2D eigenvalue weighted by molar-refractivity contribution is -0.152. The Kier molecular flexibility index (Phi) is 14.1. The Morgan fingerprint density at radius 3 is 2.46 bits per heavy atom. The molecule has 0 saturated carbocycles. The molecule has 0 bridgehead atoms. The predicted molar refractivity (Wildman–Crippen MR) is 101 cm³/mol. The maximum atomic E-state index is 11.9. The Morgan fingerprint density at radius 1 is 1.15 bits per heavy atom. The molecule has 1 N–H and O–H groups in total. The summed E-state index contributed by atoms with van der Waals surface area (Å²) in [5, 5.41) is 8.53. The number of aliphatic hydroxyl groups excluding tert-OH is 1. The molecule has 0 fully saturated rings. The van der Waals surface area contributed by atoms with Gasteiger partial charge in [-0.2, -0.15) is 0 Å². The molecule has 0 aliphatic heterocycles. The smallest absolute Gasteiger partial charge is 0.309 e. The Morgan fingerprint density at radius 2 is 1.85 bits per heavy atom. The second-order valence-corrected chi connectivity index (χ2v) is 5.28. The van der Waals surface area contributed by atoms with E-state index in [0.29, 0.717) is 12.8 Å². The minimum absolute atomic E-state index is 0.0486. The van der Waals surface area contributed by atoms with E-state index in [1.54, 1.807) is 31.2 Å². The van der Waals surface area contributed by atoms with Gasteiger partial charge in [0.05, 0.1) is 19.1 Å². The van der Waals surface area contributed by atoms with Crippen molar-refractivity contribution in [1.29, 1.82) is 0 Å². The lowest BCUT2D eigenvalue weighted by atomic mass is 10.1. The number of rotatable bonds is 9. The number of hydrogen-bond donors (Lipinski definition) is 1. The van der Waals surface area contributed by atoms with E-state index in [1.807, 2.05) is 6.92 Å². The average Bonchev–Trinajstić information content (AvgIpc) is 2.61. The second kappa shape index (κ2) is 15.7.